The molecule has 0 bridgehead atoms. The lowest BCUT2D eigenvalue weighted by molar-refractivity contribution is 0.0948. The van der Waals surface area contributed by atoms with E-state index in [0.29, 0.717) is 18.7 Å². The number of carbonyl (C=O) groups is 2. The summed E-state index contributed by atoms with van der Waals surface area (Å²) in [4.78, 5) is 31.2. The first-order valence-corrected chi connectivity index (χ1v) is 9.84. The molecule has 1 N–H and O–H groups in total. The van der Waals surface area contributed by atoms with E-state index in [2.05, 4.69) is 22.4 Å². The molecule has 0 fully saturated rings. The van der Waals surface area contributed by atoms with Crippen LogP contribution in [0.2, 0.25) is 0 Å². The fourth-order valence-electron chi connectivity index (χ4n) is 3.12. The van der Waals surface area contributed by atoms with E-state index in [-0.39, 0.29) is 17.5 Å². The number of nitrogens with one attached hydrogen (secondary N) is 1. The maximum absolute atomic E-state index is 12.9. The van der Waals surface area contributed by atoms with Crippen LogP contribution >= 0.6 is 0 Å². The van der Waals surface area contributed by atoms with Crippen LogP contribution in [0.4, 0.5) is 5.69 Å². The number of pyridine rings is 1. The van der Waals surface area contributed by atoms with Gasteiger partial charge in [0.05, 0.1) is 0 Å². The molecule has 5 nitrogen and oxygen atoms in total. The van der Waals surface area contributed by atoms with E-state index < -0.39 is 0 Å². The quantitative estimate of drug-likeness (QED) is 0.592. The van der Waals surface area contributed by atoms with Gasteiger partial charge in [0.25, 0.3) is 11.8 Å². The number of benzene rings is 2. The third-order valence-corrected chi connectivity index (χ3v) is 4.64. The van der Waals surface area contributed by atoms with Crippen molar-refractivity contribution in [3.05, 3.63) is 95.8 Å². The van der Waals surface area contributed by atoms with Crippen LogP contribution in [0.15, 0.2) is 79.0 Å². The highest BCUT2D eigenvalue weighted by atomic mass is 16.2. The Morgan fingerprint density at radius 2 is 1.66 bits per heavy atom. The maximum Gasteiger partial charge on any atom is 0.269 e. The average molecular weight is 387 g/mol. The van der Waals surface area contributed by atoms with Gasteiger partial charge < -0.3 is 10.2 Å². The molecule has 2 amide bonds. The van der Waals surface area contributed by atoms with E-state index in [9.17, 15) is 9.59 Å². The van der Waals surface area contributed by atoms with Crippen LogP contribution in [0, 0.1) is 0 Å². The van der Waals surface area contributed by atoms with Crippen molar-refractivity contribution in [1.29, 1.82) is 0 Å². The zero-order valence-electron chi connectivity index (χ0n) is 16.5. The van der Waals surface area contributed by atoms with Crippen molar-refractivity contribution in [2.75, 3.05) is 18.0 Å². The van der Waals surface area contributed by atoms with Gasteiger partial charge in [-0.05, 0) is 49.6 Å². The first-order valence-electron chi connectivity index (χ1n) is 9.84. The van der Waals surface area contributed by atoms with Crippen molar-refractivity contribution in [2.24, 2.45) is 0 Å². The molecule has 0 spiro atoms. The summed E-state index contributed by atoms with van der Waals surface area (Å²) in [6.45, 7) is 3.01. The fraction of sp³-hybridized carbons (Fsp3) is 0.208. The normalized spacial score (nSPS) is 10.4. The molecule has 0 radical (unpaired) electrons. The SMILES string of the molecule is CCN(C(=O)c1ccnc(C(=O)NCCCc2ccccc2)c1)c1ccccc1. The van der Waals surface area contributed by atoms with Gasteiger partial charge in [-0.3, -0.25) is 14.6 Å². The van der Waals surface area contributed by atoms with Crippen LogP contribution < -0.4 is 10.2 Å². The molecule has 0 saturated heterocycles. The third kappa shape index (κ3) is 5.51. The number of hydrogen-bond donors (Lipinski definition) is 1. The number of para-hydroxylation sites is 1. The molecule has 0 aliphatic heterocycles. The van der Waals surface area contributed by atoms with Crippen molar-refractivity contribution >= 4 is 17.5 Å². The average Bonchev–Trinajstić information content (AvgIpc) is 2.78. The standard InChI is InChI=1S/C24H25N3O2/c1-2-27(21-13-7-4-8-14-21)24(29)20-15-17-25-22(18-20)23(28)26-16-9-12-19-10-5-3-6-11-19/h3-8,10-11,13-15,17-18H,2,9,12,16H2,1H3,(H,26,28). The molecule has 1 heterocycles. The fourth-order valence-corrected chi connectivity index (χ4v) is 3.12. The number of amides is 2. The van der Waals surface area contributed by atoms with E-state index in [1.165, 1.54) is 11.8 Å². The van der Waals surface area contributed by atoms with Crippen LogP contribution in [-0.4, -0.2) is 29.9 Å². The first kappa shape index (κ1) is 20.3. The molecule has 2 aromatic carbocycles. The number of aryl methyl sites for hydroxylation is 1. The minimum absolute atomic E-state index is 0.153. The molecule has 0 aliphatic carbocycles. The van der Waals surface area contributed by atoms with Gasteiger partial charge in [-0.15, -0.1) is 0 Å². The summed E-state index contributed by atoms with van der Waals surface area (Å²) in [5.41, 5.74) is 2.76. The Hall–Kier alpha value is -3.47. The number of anilines is 1. The molecule has 0 saturated carbocycles. The second-order valence-electron chi connectivity index (χ2n) is 6.66. The van der Waals surface area contributed by atoms with E-state index in [0.717, 1.165) is 18.5 Å². The third-order valence-electron chi connectivity index (χ3n) is 4.64. The van der Waals surface area contributed by atoms with E-state index >= 15 is 0 Å². The predicted molar refractivity (Wildman–Crippen MR) is 115 cm³/mol. The Labute approximate surface area is 171 Å². The molecule has 148 valence electrons. The Morgan fingerprint density at radius 3 is 2.34 bits per heavy atom. The van der Waals surface area contributed by atoms with Crippen molar-refractivity contribution in [1.82, 2.24) is 10.3 Å². The molecule has 0 unspecified atom stereocenters. The van der Waals surface area contributed by atoms with Crippen LogP contribution in [0.1, 0.15) is 39.8 Å². The van der Waals surface area contributed by atoms with Crippen LogP contribution in [0.5, 0.6) is 0 Å². The molecule has 0 atom stereocenters. The Kier molecular flexibility index (Phi) is 7.11. The first-order chi connectivity index (χ1) is 14.2. The second kappa shape index (κ2) is 10.2. The smallest absolute Gasteiger partial charge is 0.269 e. The predicted octanol–water partition coefficient (Wildman–Crippen LogP) is 4.11. The van der Waals surface area contributed by atoms with Crippen molar-refractivity contribution in [3.8, 4) is 0 Å². The topological polar surface area (TPSA) is 62.3 Å². The molecule has 29 heavy (non-hydrogen) atoms. The number of hydrogen-bond acceptors (Lipinski definition) is 3. The van der Waals surface area contributed by atoms with E-state index in [1.54, 1.807) is 17.0 Å². The van der Waals surface area contributed by atoms with Gasteiger partial charge in [-0.25, -0.2) is 0 Å². The van der Waals surface area contributed by atoms with Gasteiger partial charge in [0.2, 0.25) is 0 Å². The maximum atomic E-state index is 12.9. The van der Waals surface area contributed by atoms with Gasteiger partial charge in [-0.1, -0.05) is 48.5 Å². The van der Waals surface area contributed by atoms with Crippen LogP contribution in [0.3, 0.4) is 0 Å². The summed E-state index contributed by atoms with van der Waals surface area (Å²) in [5, 5.41) is 2.88. The largest absolute Gasteiger partial charge is 0.351 e. The Bertz CT molecular complexity index is 943. The molecular weight excluding hydrogens is 362 g/mol. The number of carbonyl (C=O) groups excluding carboxylic acids is 2. The highest BCUT2D eigenvalue weighted by molar-refractivity contribution is 6.07. The minimum Gasteiger partial charge on any atom is -0.351 e. The van der Waals surface area contributed by atoms with E-state index in [4.69, 9.17) is 0 Å². The van der Waals surface area contributed by atoms with Crippen molar-refractivity contribution < 1.29 is 9.59 Å². The zero-order valence-corrected chi connectivity index (χ0v) is 16.5. The summed E-state index contributed by atoms with van der Waals surface area (Å²) in [6.07, 6.45) is 3.24. The lowest BCUT2D eigenvalue weighted by atomic mass is 10.1. The molecule has 3 rings (SSSR count). The second-order valence-corrected chi connectivity index (χ2v) is 6.66. The van der Waals surface area contributed by atoms with Crippen LogP contribution in [0.25, 0.3) is 0 Å². The van der Waals surface area contributed by atoms with Gasteiger partial charge in [-0.2, -0.15) is 0 Å². The lowest BCUT2D eigenvalue weighted by Gasteiger charge is -2.21. The van der Waals surface area contributed by atoms with Gasteiger partial charge in [0, 0.05) is 30.5 Å². The molecule has 1 aromatic heterocycles. The summed E-state index contributed by atoms with van der Waals surface area (Å²) in [7, 11) is 0. The van der Waals surface area contributed by atoms with Crippen molar-refractivity contribution in [2.45, 2.75) is 19.8 Å². The summed E-state index contributed by atoms with van der Waals surface area (Å²) in [6, 6.07) is 22.8. The number of aromatic nitrogens is 1. The molecule has 0 aliphatic rings. The number of rotatable bonds is 8. The van der Waals surface area contributed by atoms with E-state index in [1.807, 2.05) is 55.5 Å². The van der Waals surface area contributed by atoms with Gasteiger partial charge in [0.15, 0.2) is 0 Å². The summed E-state index contributed by atoms with van der Waals surface area (Å²) >= 11 is 0. The Morgan fingerprint density at radius 1 is 0.966 bits per heavy atom. The molecule has 5 heteroatoms. The number of nitrogens with zero attached hydrogens (tertiary/aromatic N) is 2. The molecule has 3 aromatic rings. The highest BCUT2D eigenvalue weighted by Crippen LogP contribution is 2.16. The lowest BCUT2D eigenvalue weighted by Crippen LogP contribution is -2.31. The summed E-state index contributed by atoms with van der Waals surface area (Å²) in [5.74, 6) is -0.422. The minimum atomic E-state index is -0.268. The Balaban J connectivity index is 1.60. The van der Waals surface area contributed by atoms with Gasteiger partial charge in [0.1, 0.15) is 5.69 Å². The van der Waals surface area contributed by atoms with Crippen LogP contribution in [-0.2, 0) is 6.42 Å². The van der Waals surface area contributed by atoms with Crippen molar-refractivity contribution in [3.63, 3.8) is 0 Å². The zero-order chi connectivity index (χ0) is 20.5. The van der Waals surface area contributed by atoms with Gasteiger partial charge >= 0.3 is 0 Å². The highest BCUT2D eigenvalue weighted by Gasteiger charge is 2.18. The summed E-state index contributed by atoms with van der Waals surface area (Å²) < 4.78 is 0. The molecular formula is C24H25N3O2. The monoisotopic (exact) mass is 387 g/mol.